The van der Waals surface area contributed by atoms with E-state index in [1.807, 2.05) is 0 Å². The summed E-state index contributed by atoms with van der Waals surface area (Å²) in [6.07, 6.45) is -0.770. The highest BCUT2D eigenvalue weighted by Crippen LogP contribution is 2.13. The van der Waals surface area contributed by atoms with Crippen molar-refractivity contribution in [2.45, 2.75) is 45.8 Å². The average Bonchev–Trinajstić information content (AvgIpc) is 2.37. The molecular formula is C16H22FNO4. The van der Waals surface area contributed by atoms with E-state index in [4.69, 9.17) is 4.74 Å². The lowest BCUT2D eigenvalue weighted by Gasteiger charge is -2.22. The predicted octanol–water partition coefficient (Wildman–Crippen LogP) is 2.74. The molecule has 0 aliphatic carbocycles. The quantitative estimate of drug-likeness (QED) is 0.868. The summed E-state index contributed by atoms with van der Waals surface area (Å²) < 4.78 is 23.6. The molecule has 22 heavy (non-hydrogen) atoms. The first-order chi connectivity index (χ1) is 10.1. The minimum Gasteiger partial charge on any atom is -0.467 e. The monoisotopic (exact) mass is 311 g/mol. The Balaban J connectivity index is 2.85. The van der Waals surface area contributed by atoms with E-state index >= 15 is 0 Å². The van der Waals surface area contributed by atoms with Crippen molar-refractivity contribution < 1.29 is 23.5 Å². The molecule has 0 aliphatic heterocycles. The van der Waals surface area contributed by atoms with Gasteiger partial charge in [-0.1, -0.05) is 12.1 Å². The zero-order chi connectivity index (χ0) is 16.9. The second kappa shape index (κ2) is 7.24. The van der Waals surface area contributed by atoms with Crippen LogP contribution in [0.2, 0.25) is 0 Å². The third-order valence-electron chi connectivity index (χ3n) is 2.81. The molecule has 0 spiro atoms. The number of rotatable bonds is 4. The van der Waals surface area contributed by atoms with Crippen LogP contribution in [-0.2, 0) is 20.7 Å². The molecule has 0 fully saturated rings. The fourth-order valence-electron chi connectivity index (χ4n) is 1.82. The SMILES string of the molecule is COC(=O)[C@H](Cc1ccc(C)cc1F)NC(=O)OC(C)(C)C. The third-order valence-corrected chi connectivity index (χ3v) is 2.81. The molecule has 0 saturated heterocycles. The number of nitrogens with one attached hydrogen (secondary N) is 1. The summed E-state index contributed by atoms with van der Waals surface area (Å²) in [5, 5.41) is 2.41. The number of hydrogen-bond donors (Lipinski definition) is 1. The first-order valence-corrected chi connectivity index (χ1v) is 6.95. The first kappa shape index (κ1) is 17.9. The predicted molar refractivity (Wildman–Crippen MR) is 80.0 cm³/mol. The van der Waals surface area contributed by atoms with E-state index < -0.39 is 29.5 Å². The number of hydrogen-bond acceptors (Lipinski definition) is 4. The van der Waals surface area contributed by atoms with Crippen LogP contribution in [0.4, 0.5) is 9.18 Å². The summed E-state index contributed by atoms with van der Waals surface area (Å²) in [6.45, 7) is 6.89. The molecule has 0 aromatic heterocycles. The van der Waals surface area contributed by atoms with Crippen molar-refractivity contribution in [2.24, 2.45) is 0 Å². The van der Waals surface area contributed by atoms with Gasteiger partial charge in [0.05, 0.1) is 7.11 Å². The number of halogens is 1. The van der Waals surface area contributed by atoms with E-state index in [-0.39, 0.29) is 6.42 Å². The molecule has 1 aromatic carbocycles. The van der Waals surface area contributed by atoms with Gasteiger partial charge in [-0.05, 0) is 44.9 Å². The minimum absolute atomic E-state index is 0.0158. The Kier molecular flexibility index (Phi) is 5.91. The van der Waals surface area contributed by atoms with E-state index in [1.165, 1.54) is 13.2 Å². The van der Waals surface area contributed by atoms with Gasteiger partial charge in [-0.25, -0.2) is 14.0 Å². The maximum atomic E-state index is 13.9. The molecule has 0 radical (unpaired) electrons. The van der Waals surface area contributed by atoms with Gasteiger partial charge in [0.1, 0.15) is 17.5 Å². The summed E-state index contributed by atoms with van der Waals surface area (Å²) >= 11 is 0. The molecular weight excluding hydrogens is 289 g/mol. The van der Waals surface area contributed by atoms with E-state index in [0.29, 0.717) is 5.56 Å². The highest BCUT2D eigenvalue weighted by molar-refractivity contribution is 5.81. The Labute approximate surface area is 129 Å². The van der Waals surface area contributed by atoms with Gasteiger partial charge in [-0.3, -0.25) is 0 Å². The van der Waals surface area contributed by atoms with E-state index in [0.717, 1.165) is 5.56 Å². The van der Waals surface area contributed by atoms with E-state index in [9.17, 15) is 14.0 Å². The van der Waals surface area contributed by atoms with Gasteiger partial charge in [0, 0.05) is 6.42 Å². The lowest BCUT2D eigenvalue weighted by molar-refractivity contribution is -0.143. The smallest absolute Gasteiger partial charge is 0.408 e. The van der Waals surface area contributed by atoms with Gasteiger partial charge in [0.15, 0.2) is 0 Å². The topological polar surface area (TPSA) is 64.6 Å². The third kappa shape index (κ3) is 5.71. The molecule has 1 atom stereocenters. The van der Waals surface area contributed by atoms with Crippen LogP contribution in [0.5, 0.6) is 0 Å². The minimum atomic E-state index is -1.02. The Morgan fingerprint density at radius 1 is 1.32 bits per heavy atom. The molecule has 1 N–H and O–H groups in total. The number of esters is 1. The van der Waals surface area contributed by atoms with Gasteiger partial charge in [0.2, 0.25) is 0 Å². The van der Waals surface area contributed by atoms with Gasteiger partial charge < -0.3 is 14.8 Å². The molecule has 1 aromatic rings. The molecule has 6 heteroatoms. The summed E-state index contributed by atoms with van der Waals surface area (Å²) in [5.41, 5.74) is 0.396. The number of ether oxygens (including phenoxy) is 2. The van der Waals surface area contributed by atoms with E-state index in [1.54, 1.807) is 39.8 Å². The largest absolute Gasteiger partial charge is 0.467 e. The first-order valence-electron chi connectivity index (χ1n) is 6.95. The van der Waals surface area contributed by atoms with Crippen LogP contribution < -0.4 is 5.32 Å². The summed E-state index contributed by atoms with van der Waals surface area (Å²) in [5.74, 6) is -1.09. The van der Waals surface area contributed by atoms with Crippen molar-refractivity contribution in [1.29, 1.82) is 0 Å². The molecule has 0 aliphatic rings. The second-order valence-electron chi connectivity index (χ2n) is 6.02. The number of benzene rings is 1. The fraction of sp³-hybridized carbons (Fsp3) is 0.500. The van der Waals surface area contributed by atoms with Gasteiger partial charge in [-0.15, -0.1) is 0 Å². The molecule has 0 heterocycles. The van der Waals surface area contributed by atoms with Crippen molar-refractivity contribution >= 4 is 12.1 Å². The zero-order valence-electron chi connectivity index (χ0n) is 13.5. The lowest BCUT2D eigenvalue weighted by atomic mass is 10.0. The Hall–Kier alpha value is -2.11. The second-order valence-corrected chi connectivity index (χ2v) is 6.02. The lowest BCUT2D eigenvalue weighted by Crippen LogP contribution is -2.45. The molecule has 1 amide bonds. The number of alkyl carbamates (subject to hydrolysis) is 1. The summed E-state index contributed by atoms with van der Waals surface area (Å²) in [6, 6.07) is 3.67. The number of amides is 1. The highest BCUT2D eigenvalue weighted by Gasteiger charge is 2.26. The van der Waals surface area contributed by atoms with Crippen LogP contribution >= 0.6 is 0 Å². The summed E-state index contributed by atoms with van der Waals surface area (Å²) in [4.78, 5) is 23.6. The van der Waals surface area contributed by atoms with Crippen molar-refractivity contribution in [3.63, 3.8) is 0 Å². The molecule has 0 bridgehead atoms. The van der Waals surface area contributed by atoms with Crippen LogP contribution in [0.25, 0.3) is 0 Å². The van der Waals surface area contributed by atoms with Crippen molar-refractivity contribution in [3.05, 3.63) is 35.1 Å². The Morgan fingerprint density at radius 2 is 1.95 bits per heavy atom. The fourth-order valence-corrected chi connectivity index (χ4v) is 1.82. The number of aryl methyl sites for hydroxylation is 1. The maximum Gasteiger partial charge on any atom is 0.408 e. The molecule has 5 nitrogen and oxygen atoms in total. The molecule has 1 rings (SSSR count). The van der Waals surface area contributed by atoms with Gasteiger partial charge >= 0.3 is 12.1 Å². The van der Waals surface area contributed by atoms with Crippen LogP contribution in [0.3, 0.4) is 0 Å². The molecule has 122 valence electrons. The number of carbonyl (C=O) groups is 2. The van der Waals surface area contributed by atoms with Crippen molar-refractivity contribution in [2.75, 3.05) is 7.11 Å². The Morgan fingerprint density at radius 3 is 2.45 bits per heavy atom. The highest BCUT2D eigenvalue weighted by atomic mass is 19.1. The normalized spacial score (nSPS) is 12.5. The van der Waals surface area contributed by atoms with Crippen molar-refractivity contribution in [3.8, 4) is 0 Å². The Bertz CT molecular complexity index is 552. The zero-order valence-corrected chi connectivity index (χ0v) is 13.5. The van der Waals surface area contributed by atoms with E-state index in [2.05, 4.69) is 10.1 Å². The average molecular weight is 311 g/mol. The maximum absolute atomic E-state index is 13.9. The summed E-state index contributed by atoms with van der Waals surface area (Å²) in [7, 11) is 1.21. The van der Waals surface area contributed by atoms with Crippen LogP contribution in [0.15, 0.2) is 18.2 Å². The number of methoxy groups -OCH3 is 1. The van der Waals surface area contributed by atoms with Crippen molar-refractivity contribution in [1.82, 2.24) is 5.32 Å². The van der Waals surface area contributed by atoms with Crippen LogP contribution in [0.1, 0.15) is 31.9 Å². The number of carbonyl (C=O) groups excluding carboxylic acids is 2. The van der Waals surface area contributed by atoms with Crippen LogP contribution in [0, 0.1) is 12.7 Å². The van der Waals surface area contributed by atoms with Gasteiger partial charge in [0.25, 0.3) is 0 Å². The van der Waals surface area contributed by atoms with Gasteiger partial charge in [-0.2, -0.15) is 0 Å². The molecule has 0 saturated carbocycles. The molecule has 0 unspecified atom stereocenters. The standard InChI is InChI=1S/C16H22FNO4/c1-10-6-7-11(12(17)8-10)9-13(14(19)21-5)18-15(20)22-16(2,3)4/h6-8,13H,9H2,1-5H3,(H,18,20)/t13-/m0/s1. The van der Waals surface area contributed by atoms with Crippen LogP contribution in [-0.4, -0.2) is 30.8 Å².